The standard InChI is InChI=1S/C13H16F2N4/c1-19-9(7-8-17-19)5-6-12(18-16)10-3-2-4-11(14)13(10)15/h2-4,7-8,12,18H,5-6,16H2,1H3. The average Bonchev–Trinajstić information content (AvgIpc) is 2.80. The summed E-state index contributed by atoms with van der Waals surface area (Å²) in [4.78, 5) is 0. The van der Waals surface area contributed by atoms with Gasteiger partial charge >= 0.3 is 0 Å². The first kappa shape index (κ1) is 13.6. The van der Waals surface area contributed by atoms with Crippen LogP contribution in [0.3, 0.4) is 0 Å². The molecule has 2 rings (SSSR count). The van der Waals surface area contributed by atoms with Crippen LogP contribution in [0.4, 0.5) is 8.78 Å². The summed E-state index contributed by atoms with van der Waals surface area (Å²) in [5.74, 6) is 3.73. The van der Waals surface area contributed by atoms with Crippen molar-refractivity contribution in [2.45, 2.75) is 18.9 Å². The molecule has 19 heavy (non-hydrogen) atoms. The topological polar surface area (TPSA) is 55.9 Å². The van der Waals surface area contributed by atoms with E-state index in [1.807, 2.05) is 13.1 Å². The molecule has 0 spiro atoms. The Morgan fingerprint density at radius 1 is 1.37 bits per heavy atom. The Balaban J connectivity index is 2.12. The summed E-state index contributed by atoms with van der Waals surface area (Å²) in [5.41, 5.74) is 3.78. The Labute approximate surface area is 110 Å². The Morgan fingerprint density at radius 3 is 2.79 bits per heavy atom. The highest BCUT2D eigenvalue weighted by molar-refractivity contribution is 5.22. The van der Waals surface area contributed by atoms with E-state index in [2.05, 4.69) is 10.5 Å². The van der Waals surface area contributed by atoms with E-state index in [0.717, 1.165) is 11.8 Å². The number of hydrazine groups is 1. The highest BCUT2D eigenvalue weighted by atomic mass is 19.2. The lowest BCUT2D eigenvalue weighted by molar-refractivity contribution is 0.449. The van der Waals surface area contributed by atoms with Crippen LogP contribution in [0.1, 0.15) is 23.7 Å². The van der Waals surface area contributed by atoms with Crippen molar-refractivity contribution >= 4 is 0 Å². The number of benzene rings is 1. The molecule has 4 nitrogen and oxygen atoms in total. The molecular formula is C13H16F2N4. The summed E-state index contributed by atoms with van der Waals surface area (Å²) in [6.07, 6.45) is 2.92. The van der Waals surface area contributed by atoms with Gasteiger partial charge in [0.2, 0.25) is 0 Å². The molecule has 1 unspecified atom stereocenters. The van der Waals surface area contributed by atoms with Crippen molar-refractivity contribution in [1.29, 1.82) is 0 Å². The highest BCUT2D eigenvalue weighted by Crippen LogP contribution is 2.22. The lowest BCUT2D eigenvalue weighted by atomic mass is 10.0. The zero-order valence-electron chi connectivity index (χ0n) is 10.6. The van der Waals surface area contributed by atoms with E-state index in [-0.39, 0.29) is 5.56 Å². The number of rotatable bonds is 5. The van der Waals surface area contributed by atoms with Crippen molar-refractivity contribution in [2.24, 2.45) is 12.9 Å². The molecule has 3 N–H and O–H groups in total. The molecule has 0 radical (unpaired) electrons. The van der Waals surface area contributed by atoms with Gasteiger partial charge in [-0.2, -0.15) is 5.10 Å². The van der Waals surface area contributed by atoms with Gasteiger partial charge in [0.1, 0.15) is 0 Å². The maximum Gasteiger partial charge on any atom is 0.163 e. The van der Waals surface area contributed by atoms with Gasteiger partial charge in [0.15, 0.2) is 11.6 Å². The van der Waals surface area contributed by atoms with Gasteiger partial charge in [-0.3, -0.25) is 16.0 Å². The lowest BCUT2D eigenvalue weighted by Gasteiger charge is -2.17. The third-order valence-corrected chi connectivity index (χ3v) is 3.17. The maximum atomic E-state index is 13.7. The van der Waals surface area contributed by atoms with E-state index < -0.39 is 17.7 Å². The summed E-state index contributed by atoms with van der Waals surface area (Å²) in [7, 11) is 1.84. The fraction of sp³-hybridized carbons (Fsp3) is 0.308. The minimum atomic E-state index is -0.863. The van der Waals surface area contributed by atoms with Gasteiger partial charge in [-0.25, -0.2) is 8.78 Å². The summed E-state index contributed by atoms with van der Waals surface area (Å²) in [5, 5.41) is 4.06. The average molecular weight is 266 g/mol. The largest absolute Gasteiger partial charge is 0.273 e. The number of hydrogen-bond acceptors (Lipinski definition) is 3. The molecule has 0 aliphatic rings. The van der Waals surface area contributed by atoms with Gasteiger partial charge in [-0.05, 0) is 25.0 Å². The molecule has 1 aromatic heterocycles. The van der Waals surface area contributed by atoms with Gasteiger partial charge in [0, 0.05) is 30.5 Å². The van der Waals surface area contributed by atoms with Gasteiger partial charge in [0.25, 0.3) is 0 Å². The van der Waals surface area contributed by atoms with Crippen LogP contribution in [0.15, 0.2) is 30.5 Å². The molecule has 1 atom stereocenters. The molecule has 102 valence electrons. The van der Waals surface area contributed by atoms with Crippen LogP contribution in [0.5, 0.6) is 0 Å². The smallest absolute Gasteiger partial charge is 0.163 e. The second-order valence-electron chi connectivity index (χ2n) is 4.35. The maximum absolute atomic E-state index is 13.7. The van der Waals surface area contributed by atoms with Crippen molar-refractivity contribution in [1.82, 2.24) is 15.2 Å². The van der Waals surface area contributed by atoms with E-state index in [0.29, 0.717) is 12.8 Å². The number of hydrogen-bond donors (Lipinski definition) is 2. The van der Waals surface area contributed by atoms with Crippen LogP contribution in [0, 0.1) is 11.6 Å². The van der Waals surface area contributed by atoms with Crippen LogP contribution in [-0.4, -0.2) is 9.78 Å². The molecule has 0 aliphatic heterocycles. The Kier molecular flexibility index (Phi) is 4.24. The van der Waals surface area contributed by atoms with Gasteiger partial charge in [0.05, 0.1) is 0 Å². The van der Waals surface area contributed by atoms with Gasteiger partial charge < -0.3 is 0 Å². The van der Waals surface area contributed by atoms with Crippen LogP contribution >= 0.6 is 0 Å². The third-order valence-electron chi connectivity index (χ3n) is 3.17. The van der Waals surface area contributed by atoms with Gasteiger partial charge in [-0.15, -0.1) is 0 Å². The zero-order chi connectivity index (χ0) is 13.8. The molecular weight excluding hydrogens is 250 g/mol. The number of nitrogens with two attached hydrogens (primary N) is 1. The second kappa shape index (κ2) is 5.90. The molecule has 6 heteroatoms. The van der Waals surface area contributed by atoms with Crippen molar-refractivity contribution in [2.75, 3.05) is 0 Å². The van der Waals surface area contributed by atoms with Crippen molar-refractivity contribution in [3.8, 4) is 0 Å². The summed E-state index contributed by atoms with van der Waals surface area (Å²) < 4.78 is 28.6. The van der Waals surface area contributed by atoms with Crippen LogP contribution in [0.25, 0.3) is 0 Å². The van der Waals surface area contributed by atoms with Crippen LogP contribution in [-0.2, 0) is 13.5 Å². The molecule has 0 aliphatic carbocycles. The van der Waals surface area contributed by atoms with E-state index in [1.165, 1.54) is 12.1 Å². The molecule has 1 heterocycles. The fourth-order valence-corrected chi connectivity index (χ4v) is 2.06. The molecule has 0 fully saturated rings. The Morgan fingerprint density at radius 2 is 2.16 bits per heavy atom. The first-order chi connectivity index (χ1) is 9.13. The number of halogens is 2. The lowest BCUT2D eigenvalue weighted by Crippen LogP contribution is -2.29. The molecule has 0 saturated heterocycles. The first-order valence-electron chi connectivity index (χ1n) is 6.00. The number of aromatic nitrogens is 2. The Bertz CT molecular complexity index is 553. The van der Waals surface area contributed by atoms with Gasteiger partial charge in [-0.1, -0.05) is 12.1 Å². The summed E-state index contributed by atoms with van der Waals surface area (Å²) in [6.45, 7) is 0. The highest BCUT2D eigenvalue weighted by Gasteiger charge is 2.17. The fourth-order valence-electron chi connectivity index (χ4n) is 2.06. The molecule has 1 aromatic carbocycles. The second-order valence-corrected chi connectivity index (χ2v) is 4.35. The van der Waals surface area contributed by atoms with Crippen molar-refractivity contribution in [3.05, 3.63) is 53.4 Å². The predicted octanol–water partition coefficient (Wildman–Crippen LogP) is 1.84. The third kappa shape index (κ3) is 2.97. The van der Waals surface area contributed by atoms with E-state index in [1.54, 1.807) is 10.9 Å². The number of aryl methyl sites for hydroxylation is 2. The summed E-state index contributed by atoms with van der Waals surface area (Å²) >= 11 is 0. The Hall–Kier alpha value is -1.79. The number of nitrogens with one attached hydrogen (secondary N) is 1. The van der Waals surface area contributed by atoms with Crippen molar-refractivity contribution < 1.29 is 8.78 Å². The molecule has 0 bridgehead atoms. The minimum absolute atomic E-state index is 0.240. The van der Waals surface area contributed by atoms with E-state index in [9.17, 15) is 8.78 Å². The SMILES string of the molecule is Cn1nccc1CCC(NN)c1cccc(F)c1F. The molecule has 0 amide bonds. The monoisotopic (exact) mass is 266 g/mol. The zero-order valence-corrected chi connectivity index (χ0v) is 10.6. The normalized spacial score (nSPS) is 12.6. The first-order valence-corrected chi connectivity index (χ1v) is 6.00. The molecule has 2 aromatic rings. The number of nitrogens with zero attached hydrogens (tertiary/aromatic N) is 2. The van der Waals surface area contributed by atoms with E-state index in [4.69, 9.17) is 5.84 Å². The molecule has 0 saturated carbocycles. The quantitative estimate of drug-likeness (QED) is 0.641. The minimum Gasteiger partial charge on any atom is -0.273 e. The van der Waals surface area contributed by atoms with Crippen LogP contribution < -0.4 is 11.3 Å². The van der Waals surface area contributed by atoms with Crippen LogP contribution in [0.2, 0.25) is 0 Å². The van der Waals surface area contributed by atoms with E-state index >= 15 is 0 Å². The summed E-state index contributed by atoms with van der Waals surface area (Å²) in [6, 6.07) is 5.54. The predicted molar refractivity (Wildman–Crippen MR) is 68.0 cm³/mol. The van der Waals surface area contributed by atoms with Crippen molar-refractivity contribution in [3.63, 3.8) is 0 Å².